The predicted molar refractivity (Wildman–Crippen MR) is 104 cm³/mol. The van der Waals surface area contributed by atoms with Crippen molar-refractivity contribution in [2.24, 2.45) is 0 Å². The number of piperidine rings is 1. The van der Waals surface area contributed by atoms with E-state index in [1.807, 2.05) is 6.07 Å². The van der Waals surface area contributed by atoms with Crippen molar-refractivity contribution in [3.63, 3.8) is 0 Å². The predicted octanol–water partition coefficient (Wildman–Crippen LogP) is 0.977. The summed E-state index contributed by atoms with van der Waals surface area (Å²) in [5.41, 5.74) is 0.493. The summed E-state index contributed by atoms with van der Waals surface area (Å²) in [6.07, 6.45) is 2.17. The molecule has 0 saturated carbocycles. The Balaban J connectivity index is 1.62. The van der Waals surface area contributed by atoms with Gasteiger partial charge in [-0.2, -0.15) is 0 Å². The summed E-state index contributed by atoms with van der Waals surface area (Å²) in [5, 5.41) is 0. The fourth-order valence-electron chi connectivity index (χ4n) is 3.44. The minimum atomic E-state index is -3.17. The van der Waals surface area contributed by atoms with E-state index in [2.05, 4.69) is 0 Å². The number of benzene rings is 1. The molecule has 1 aromatic rings. The lowest BCUT2D eigenvalue weighted by Crippen LogP contribution is -2.42. The van der Waals surface area contributed by atoms with Crippen LogP contribution < -0.4 is 4.74 Å². The quantitative estimate of drug-likeness (QED) is 0.692. The zero-order chi connectivity index (χ0) is 20.1. The molecule has 9 heteroatoms. The first-order valence-corrected chi connectivity index (χ1v) is 11.3. The Morgan fingerprint density at radius 1 is 1.25 bits per heavy atom. The van der Waals surface area contributed by atoms with Crippen LogP contribution in [0.3, 0.4) is 0 Å². The normalized spacial score (nSPS) is 22.0. The van der Waals surface area contributed by atoms with E-state index in [1.54, 1.807) is 30.1 Å². The maximum atomic E-state index is 12.9. The first-order chi connectivity index (χ1) is 13.3. The molecule has 0 spiro atoms. The standard InChI is InChI=1S/C19H28N2O6S/c1-20(13-16-14-25-11-12-26-16)19(22)17-5-3-4-6-18(17)27-15-7-9-21(10-8-15)28(2,23)24/h3-6,15-16H,7-14H2,1-2H3/t16-/m1/s1. The maximum Gasteiger partial charge on any atom is 0.257 e. The van der Waals surface area contributed by atoms with E-state index in [4.69, 9.17) is 14.2 Å². The molecule has 2 aliphatic heterocycles. The van der Waals surface area contributed by atoms with Crippen molar-refractivity contribution in [1.82, 2.24) is 9.21 Å². The fourth-order valence-corrected chi connectivity index (χ4v) is 4.32. The number of amides is 1. The van der Waals surface area contributed by atoms with Crippen LogP contribution in [-0.4, -0.2) is 88.5 Å². The van der Waals surface area contributed by atoms with E-state index < -0.39 is 10.0 Å². The van der Waals surface area contributed by atoms with Crippen LogP contribution in [0.4, 0.5) is 0 Å². The van der Waals surface area contributed by atoms with Gasteiger partial charge in [0.1, 0.15) is 11.9 Å². The second kappa shape index (κ2) is 9.21. The van der Waals surface area contributed by atoms with E-state index in [0.717, 1.165) is 0 Å². The Bertz CT molecular complexity index is 770. The second-order valence-corrected chi connectivity index (χ2v) is 9.21. The summed E-state index contributed by atoms with van der Waals surface area (Å²) >= 11 is 0. The Kier molecular flexibility index (Phi) is 6.92. The second-order valence-electron chi connectivity index (χ2n) is 7.23. The monoisotopic (exact) mass is 412 g/mol. The highest BCUT2D eigenvalue weighted by molar-refractivity contribution is 7.88. The van der Waals surface area contributed by atoms with E-state index in [9.17, 15) is 13.2 Å². The van der Waals surface area contributed by atoms with Crippen LogP contribution in [0.15, 0.2) is 24.3 Å². The van der Waals surface area contributed by atoms with Crippen molar-refractivity contribution >= 4 is 15.9 Å². The van der Waals surface area contributed by atoms with Gasteiger partial charge in [-0.3, -0.25) is 4.79 Å². The first-order valence-electron chi connectivity index (χ1n) is 9.50. The molecule has 0 radical (unpaired) electrons. The van der Waals surface area contributed by atoms with Gasteiger partial charge in [-0.25, -0.2) is 12.7 Å². The van der Waals surface area contributed by atoms with Gasteiger partial charge in [-0.05, 0) is 25.0 Å². The molecule has 0 unspecified atom stereocenters. The molecule has 2 heterocycles. The number of hydrogen-bond acceptors (Lipinski definition) is 6. The summed E-state index contributed by atoms with van der Waals surface area (Å²) in [4.78, 5) is 14.5. The average molecular weight is 413 g/mol. The first kappa shape index (κ1) is 21.0. The van der Waals surface area contributed by atoms with Crippen molar-refractivity contribution in [2.75, 3.05) is 52.8 Å². The number of hydrogen-bond donors (Lipinski definition) is 0. The topological polar surface area (TPSA) is 85.4 Å². The molecule has 8 nitrogen and oxygen atoms in total. The number of likely N-dealkylation sites (N-methyl/N-ethyl adjacent to an activating group) is 1. The molecule has 1 atom stereocenters. The largest absolute Gasteiger partial charge is 0.489 e. The number of para-hydroxylation sites is 1. The molecule has 1 aromatic carbocycles. The average Bonchev–Trinajstić information content (AvgIpc) is 2.68. The van der Waals surface area contributed by atoms with Crippen LogP contribution in [0.5, 0.6) is 5.75 Å². The summed E-state index contributed by atoms with van der Waals surface area (Å²) in [5.74, 6) is 0.385. The third-order valence-electron chi connectivity index (χ3n) is 4.99. The lowest BCUT2D eigenvalue weighted by atomic mass is 10.1. The molecule has 0 bridgehead atoms. The molecule has 0 aromatic heterocycles. The molecule has 0 aliphatic carbocycles. The van der Waals surface area contributed by atoms with Crippen molar-refractivity contribution < 1.29 is 27.4 Å². The number of sulfonamides is 1. The van der Waals surface area contributed by atoms with Crippen molar-refractivity contribution in [2.45, 2.75) is 25.0 Å². The van der Waals surface area contributed by atoms with E-state index in [0.29, 0.717) is 63.6 Å². The van der Waals surface area contributed by atoms with Gasteiger partial charge >= 0.3 is 0 Å². The molecular formula is C19H28N2O6S. The minimum Gasteiger partial charge on any atom is -0.489 e. The zero-order valence-corrected chi connectivity index (χ0v) is 17.2. The number of nitrogens with zero attached hydrogens (tertiary/aromatic N) is 2. The fraction of sp³-hybridized carbons (Fsp3) is 0.632. The SMILES string of the molecule is CN(C[C@@H]1COCCO1)C(=O)c1ccccc1OC1CCN(S(C)(=O)=O)CC1. The van der Waals surface area contributed by atoms with Crippen molar-refractivity contribution in [1.29, 1.82) is 0 Å². The molecule has 2 aliphatic rings. The lowest BCUT2D eigenvalue weighted by Gasteiger charge is -2.31. The van der Waals surface area contributed by atoms with Crippen LogP contribution in [0.1, 0.15) is 23.2 Å². The molecule has 2 fully saturated rings. The summed E-state index contributed by atoms with van der Waals surface area (Å²) in [6, 6.07) is 7.17. The Morgan fingerprint density at radius 3 is 2.61 bits per heavy atom. The smallest absolute Gasteiger partial charge is 0.257 e. The van der Waals surface area contributed by atoms with Gasteiger partial charge in [0.25, 0.3) is 5.91 Å². The lowest BCUT2D eigenvalue weighted by molar-refractivity contribution is -0.0933. The number of ether oxygens (including phenoxy) is 3. The van der Waals surface area contributed by atoms with Crippen molar-refractivity contribution in [3.05, 3.63) is 29.8 Å². The van der Waals surface area contributed by atoms with Gasteiger partial charge < -0.3 is 19.1 Å². The highest BCUT2D eigenvalue weighted by Crippen LogP contribution is 2.25. The third kappa shape index (κ3) is 5.44. The molecule has 28 heavy (non-hydrogen) atoms. The van der Waals surface area contributed by atoms with E-state index in [1.165, 1.54) is 10.6 Å². The van der Waals surface area contributed by atoms with Crippen LogP contribution in [0.2, 0.25) is 0 Å². The van der Waals surface area contributed by atoms with Gasteiger partial charge in [0.15, 0.2) is 0 Å². The summed E-state index contributed by atoms with van der Waals surface area (Å²) < 4.78 is 41.9. The minimum absolute atomic E-state index is 0.118. The van der Waals surface area contributed by atoms with Crippen LogP contribution >= 0.6 is 0 Å². The maximum absolute atomic E-state index is 12.9. The van der Waals surface area contributed by atoms with Gasteiger partial charge in [0.2, 0.25) is 10.0 Å². The van der Waals surface area contributed by atoms with Gasteiger partial charge in [-0.15, -0.1) is 0 Å². The Labute approximate surface area is 166 Å². The zero-order valence-electron chi connectivity index (χ0n) is 16.4. The highest BCUT2D eigenvalue weighted by Gasteiger charge is 2.28. The van der Waals surface area contributed by atoms with Gasteiger partial charge in [0, 0.05) is 26.7 Å². The molecule has 2 saturated heterocycles. The highest BCUT2D eigenvalue weighted by atomic mass is 32.2. The van der Waals surface area contributed by atoms with Crippen LogP contribution in [0, 0.1) is 0 Å². The number of rotatable bonds is 6. The molecule has 3 rings (SSSR count). The number of carbonyl (C=O) groups excluding carboxylic acids is 1. The van der Waals surface area contributed by atoms with Gasteiger partial charge in [-0.1, -0.05) is 12.1 Å². The van der Waals surface area contributed by atoms with Crippen molar-refractivity contribution in [3.8, 4) is 5.75 Å². The van der Waals surface area contributed by atoms with Gasteiger partial charge in [0.05, 0.1) is 37.7 Å². The molecule has 1 amide bonds. The summed E-state index contributed by atoms with van der Waals surface area (Å²) in [7, 11) is -1.44. The Hall–Kier alpha value is -1.68. The van der Waals surface area contributed by atoms with E-state index >= 15 is 0 Å². The molecular weight excluding hydrogens is 384 g/mol. The molecule has 0 N–H and O–H groups in total. The Morgan fingerprint density at radius 2 is 1.96 bits per heavy atom. The number of carbonyl (C=O) groups is 1. The van der Waals surface area contributed by atoms with E-state index in [-0.39, 0.29) is 18.1 Å². The van der Waals surface area contributed by atoms with Crippen LogP contribution in [0.25, 0.3) is 0 Å². The third-order valence-corrected chi connectivity index (χ3v) is 6.29. The van der Waals surface area contributed by atoms with Crippen LogP contribution in [-0.2, 0) is 19.5 Å². The summed E-state index contributed by atoms with van der Waals surface area (Å²) in [6.45, 7) is 2.91. The molecule has 156 valence electrons.